The molecule has 0 N–H and O–H groups in total. The Morgan fingerprint density at radius 2 is 1.59 bits per heavy atom. The van der Waals surface area contributed by atoms with Crippen LogP contribution >= 0.6 is 11.6 Å². The summed E-state index contributed by atoms with van der Waals surface area (Å²) < 4.78 is 78.1. The molecule has 10 heteroatoms. The van der Waals surface area contributed by atoms with Gasteiger partial charge in [-0.2, -0.15) is 31.4 Å². The first-order valence-corrected chi connectivity index (χ1v) is 7.81. The Kier molecular flexibility index (Phi) is 4.67. The van der Waals surface area contributed by atoms with Gasteiger partial charge >= 0.3 is 12.4 Å². The van der Waals surface area contributed by atoms with Crippen LogP contribution in [-0.2, 0) is 12.4 Å². The molecule has 0 spiro atoms. The van der Waals surface area contributed by atoms with Crippen LogP contribution in [0, 0.1) is 6.92 Å². The van der Waals surface area contributed by atoms with Crippen molar-refractivity contribution in [3.63, 3.8) is 0 Å². The molecule has 27 heavy (non-hydrogen) atoms. The van der Waals surface area contributed by atoms with Crippen molar-refractivity contribution in [2.24, 2.45) is 0 Å². The smallest absolute Gasteiger partial charge is 0.235 e. The maximum atomic E-state index is 12.9. The second kappa shape index (κ2) is 6.56. The van der Waals surface area contributed by atoms with Gasteiger partial charge in [-0.3, -0.25) is 0 Å². The van der Waals surface area contributed by atoms with Crippen LogP contribution in [-0.4, -0.2) is 14.8 Å². The highest BCUT2D eigenvalue weighted by atomic mass is 35.5. The molecule has 3 nitrogen and oxygen atoms in total. The summed E-state index contributed by atoms with van der Waals surface area (Å²) in [4.78, 5) is 3.71. The monoisotopic (exact) mass is 405 g/mol. The van der Waals surface area contributed by atoms with Crippen LogP contribution in [0.5, 0.6) is 0 Å². The lowest BCUT2D eigenvalue weighted by Gasteiger charge is -2.11. The molecule has 0 saturated heterocycles. The fourth-order valence-corrected chi connectivity index (χ4v) is 2.76. The molecule has 0 saturated carbocycles. The fraction of sp³-hybridized carbons (Fsp3) is 0.176. The van der Waals surface area contributed by atoms with Crippen molar-refractivity contribution >= 4 is 11.6 Å². The summed E-state index contributed by atoms with van der Waals surface area (Å²) in [5, 5.41) is 3.73. The average Bonchev–Trinajstić information content (AvgIpc) is 2.95. The molecule has 0 aliphatic rings. The lowest BCUT2D eigenvalue weighted by molar-refractivity contribution is -0.138. The number of hydrogen-bond donors (Lipinski definition) is 0. The minimum Gasteiger partial charge on any atom is -0.235 e. The molecule has 0 atom stereocenters. The lowest BCUT2D eigenvalue weighted by Crippen LogP contribution is -2.09. The molecule has 0 aliphatic heterocycles. The average molecular weight is 406 g/mol. The molecular formula is C17H10ClF6N3. The molecule has 0 amide bonds. The van der Waals surface area contributed by atoms with Crippen molar-refractivity contribution in [1.82, 2.24) is 14.8 Å². The predicted octanol–water partition coefficient (Wildman–Crippen LogP) is 5.93. The van der Waals surface area contributed by atoms with Gasteiger partial charge in [0.25, 0.3) is 0 Å². The van der Waals surface area contributed by atoms with E-state index >= 15 is 0 Å². The van der Waals surface area contributed by atoms with E-state index in [4.69, 9.17) is 11.6 Å². The highest BCUT2D eigenvalue weighted by Crippen LogP contribution is 2.35. The minimum atomic E-state index is -4.60. The van der Waals surface area contributed by atoms with Crippen LogP contribution in [0.1, 0.15) is 16.8 Å². The van der Waals surface area contributed by atoms with Crippen molar-refractivity contribution in [2.75, 3.05) is 0 Å². The van der Waals surface area contributed by atoms with Gasteiger partial charge in [-0.05, 0) is 30.7 Å². The van der Waals surface area contributed by atoms with Crippen molar-refractivity contribution in [3.8, 4) is 16.9 Å². The van der Waals surface area contributed by atoms with Gasteiger partial charge < -0.3 is 0 Å². The van der Waals surface area contributed by atoms with Crippen molar-refractivity contribution in [1.29, 1.82) is 0 Å². The lowest BCUT2D eigenvalue weighted by atomic mass is 10.0. The Labute approximate surface area is 154 Å². The number of aromatic nitrogens is 3. The van der Waals surface area contributed by atoms with E-state index in [9.17, 15) is 26.3 Å². The minimum absolute atomic E-state index is 0.0552. The van der Waals surface area contributed by atoms with E-state index < -0.39 is 23.5 Å². The summed E-state index contributed by atoms with van der Waals surface area (Å²) in [6.07, 6.45) is -7.18. The molecule has 1 aromatic carbocycles. The van der Waals surface area contributed by atoms with E-state index in [1.807, 2.05) is 0 Å². The summed E-state index contributed by atoms with van der Waals surface area (Å²) in [6.45, 7) is 1.55. The van der Waals surface area contributed by atoms with Gasteiger partial charge in [-0.25, -0.2) is 9.67 Å². The van der Waals surface area contributed by atoms with E-state index in [1.165, 1.54) is 23.0 Å². The van der Waals surface area contributed by atoms with Gasteiger partial charge in [0.15, 0.2) is 5.82 Å². The quantitative estimate of drug-likeness (QED) is 0.494. The maximum absolute atomic E-state index is 12.9. The topological polar surface area (TPSA) is 30.7 Å². The number of benzene rings is 1. The van der Waals surface area contributed by atoms with Crippen LogP contribution in [0.2, 0.25) is 5.02 Å². The van der Waals surface area contributed by atoms with Gasteiger partial charge in [0.1, 0.15) is 0 Å². The molecule has 0 bridgehead atoms. The first-order valence-electron chi connectivity index (χ1n) is 7.44. The highest BCUT2D eigenvalue weighted by Gasteiger charge is 2.32. The van der Waals surface area contributed by atoms with Crippen LogP contribution in [0.25, 0.3) is 16.9 Å². The second-order valence-electron chi connectivity index (χ2n) is 5.66. The van der Waals surface area contributed by atoms with Crippen LogP contribution in [0.3, 0.4) is 0 Å². The SMILES string of the molecule is Cc1c(-c2cccc(C(F)(F)F)c2)cnn1-c1ncc(C(F)(F)F)cc1Cl. The molecule has 0 fully saturated rings. The number of alkyl halides is 6. The molecule has 3 rings (SSSR count). The third kappa shape index (κ3) is 3.78. The van der Waals surface area contributed by atoms with Gasteiger partial charge in [0.05, 0.1) is 28.0 Å². The first-order chi connectivity index (χ1) is 12.5. The normalized spacial score (nSPS) is 12.4. The third-order valence-corrected chi connectivity index (χ3v) is 4.14. The number of nitrogens with zero attached hydrogens (tertiary/aromatic N) is 3. The van der Waals surface area contributed by atoms with Gasteiger partial charge in [-0.15, -0.1) is 0 Å². The van der Waals surface area contributed by atoms with E-state index in [1.54, 1.807) is 6.92 Å². The van der Waals surface area contributed by atoms with Gasteiger partial charge in [0, 0.05) is 11.8 Å². The highest BCUT2D eigenvalue weighted by molar-refractivity contribution is 6.32. The molecule has 0 aliphatic carbocycles. The zero-order valence-corrected chi connectivity index (χ0v) is 14.3. The largest absolute Gasteiger partial charge is 0.417 e. The van der Waals surface area contributed by atoms with E-state index in [2.05, 4.69) is 10.1 Å². The van der Waals surface area contributed by atoms with E-state index in [-0.39, 0.29) is 16.4 Å². The van der Waals surface area contributed by atoms with Gasteiger partial charge in [-0.1, -0.05) is 23.7 Å². The Bertz CT molecular complexity index is 991. The van der Waals surface area contributed by atoms with E-state index in [0.29, 0.717) is 17.5 Å². The number of hydrogen-bond acceptors (Lipinski definition) is 2. The van der Waals surface area contributed by atoms with E-state index in [0.717, 1.165) is 18.2 Å². The predicted molar refractivity (Wildman–Crippen MR) is 86.5 cm³/mol. The summed E-state index contributed by atoms with van der Waals surface area (Å²) in [7, 11) is 0. The fourth-order valence-electron chi connectivity index (χ4n) is 2.51. The Morgan fingerprint density at radius 1 is 0.926 bits per heavy atom. The Morgan fingerprint density at radius 3 is 2.19 bits per heavy atom. The molecule has 0 unspecified atom stereocenters. The maximum Gasteiger partial charge on any atom is 0.417 e. The molecule has 0 radical (unpaired) electrons. The first kappa shape index (κ1) is 19.2. The summed E-state index contributed by atoms with van der Waals surface area (Å²) in [5.41, 5.74) is -0.823. The number of rotatable bonds is 2. The number of halogens is 7. The summed E-state index contributed by atoms with van der Waals surface area (Å²) in [5.74, 6) is -0.0552. The Hall–Kier alpha value is -2.55. The van der Waals surface area contributed by atoms with Crippen LogP contribution in [0.15, 0.2) is 42.7 Å². The zero-order chi connectivity index (χ0) is 20.0. The zero-order valence-electron chi connectivity index (χ0n) is 13.5. The number of pyridine rings is 1. The standard InChI is InChI=1S/C17H10ClF6N3/c1-9-13(10-3-2-4-11(5-10)16(19,20)21)8-26-27(9)15-14(18)6-12(7-25-15)17(22,23)24/h2-8H,1H3. The van der Waals surface area contributed by atoms with Crippen LogP contribution < -0.4 is 0 Å². The summed E-state index contributed by atoms with van der Waals surface area (Å²) >= 11 is 5.91. The second-order valence-corrected chi connectivity index (χ2v) is 6.07. The Balaban J connectivity index is 2.05. The molecular weight excluding hydrogens is 396 g/mol. The third-order valence-electron chi connectivity index (χ3n) is 3.86. The van der Waals surface area contributed by atoms with Crippen molar-refractivity contribution in [2.45, 2.75) is 19.3 Å². The molecule has 3 aromatic rings. The molecule has 2 aromatic heterocycles. The summed E-state index contributed by atoms with van der Waals surface area (Å²) in [6, 6.07) is 5.37. The van der Waals surface area contributed by atoms with Crippen molar-refractivity contribution < 1.29 is 26.3 Å². The van der Waals surface area contributed by atoms with Gasteiger partial charge in [0.2, 0.25) is 0 Å². The molecule has 2 heterocycles. The van der Waals surface area contributed by atoms with Crippen molar-refractivity contribution in [3.05, 3.63) is 64.6 Å². The van der Waals surface area contributed by atoms with Crippen LogP contribution in [0.4, 0.5) is 26.3 Å². The molecule has 142 valence electrons.